The first kappa shape index (κ1) is 22.8. The van der Waals surface area contributed by atoms with E-state index in [0.717, 1.165) is 31.6 Å². The Morgan fingerprint density at radius 1 is 1.03 bits per heavy atom. The summed E-state index contributed by atoms with van der Waals surface area (Å²) in [5, 5.41) is 5.85. The van der Waals surface area contributed by atoms with Crippen molar-refractivity contribution < 1.29 is 9.59 Å². The van der Waals surface area contributed by atoms with Gasteiger partial charge in [-0.05, 0) is 75.5 Å². The molecule has 0 aromatic heterocycles. The van der Waals surface area contributed by atoms with Crippen LogP contribution in [0.2, 0.25) is 0 Å². The lowest BCUT2D eigenvalue weighted by Gasteiger charge is -2.22. The lowest BCUT2D eigenvalue weighted by molar-refractivity contribution is -0.119. The van der Waals surface area contributed by atoms with Gasteiger partial charge in [-0.25, -0.2) is 0 Å². The zero-order valence-electron chi connectivity index (χ0n) is 19.0. The van der Waals surface area contributed by atoms with Gasteiger partial charge in [-0.15, -0.1) is 0 Å². The molecule has 6 nitrogen and oxygen atoms in total. The molecule has 6 heteroatoms. The van der Waals surface area contributed by atoms with Crippen molar-refractivity contribution in [2.45, 2.75) is 39.2 Å². The number of nitrogens with zero attached hydrogens (tertiary/aromatic N) is 2. The van der Waals surface area contributed by atoms with Crippen LogP contribution in [0.3, 0.4) is 0 Å². The van der Waals surface area contributed by atoms with Gasteiger partial charge in [0.25, 0.3) is 5.91 Å². The summed E-state index contributed by atoms with van der Waals surface area (Å²) in [6.07, 6.45) is 3.00. The van der Waals surface area contributed by atoms with Gasteiger partial charge in [0.05, 0.1) is 0 Å². The number of amides is 2. The van der Waals surface area contributed by atoms with Crippen LogP contribution in [-0.2, 0) is 4.79 Å². The van der Waals surface area contributed by atoms with E-state index in [1.54, 1.807) is 24.3 Å². The molecule has 0 aliphatic carbocycles. The number of carbonyl (C=O) groups excluding carboxylic acids is 2. The second-order valence-corrected chi connectivity index (χ2v) is 8.61. The largest absolute Gasteiger partial charge is 0.370 e. The van der Waals surface area contributed by atoms with Gasteiger partial charge in [-0.1, -0.05) is 20.3 Å². The Morgan fingerprint density at radius 2 is 1.65 bits per heavy atom. The fraction of sp³-hybridized carbons (Fsp3) is 0.440. The summed E-state index contributed by atoms with van der Waals surface area (Å²) in [7, 11) is 4.25. The van der Waals surface area contributed by atoms with Crippen LogP contribution in [0.15, 0.2) is 48.5 Å². The zero-order valence-corrected chi connectivity index (χ0v) is 19.0. The van der Waals surface area contributed by atoms with Gasteiger partial charge in [-0.3, -0.25) is 9.59 Å². The average molecular weight is 423 g/mol. The number of carbonyl (C=O) groups is 2. The minimum absolute atomic E-state index is 0.00838. The fourth-order valence-electron chi connectivity index (χ4n) is 3.89. The Balaban J connectivity index is 1.55. The number of anilines is 3. The maximum atomic E-state index is 12.6. The van der Waals surface area contributed by atoms with Gasteiger partial charge in [0.2, 0.25) is 5.91 Å². The van der Waals surface area contributed by atoms with E-state index in [2.05, 4.69) is 53.6 Å². The molecule has 2 aromatic rings. The molecule has 2 atom stereocenters. The van der Waals surface area contributed by atoms with Gasteiger partial charge in [0.1, 0.15) is 0 Å². The quantitative estimate of drug-likeness (QED) is 0.660. The third kappa shape index (κ3) is 6.07. The van der Waals surface area contributed by atoms with Crippen molar-refractivity contribution in [3.63, 3.8) is 0 Å². The van der Waals surface area contributed by atoms with Crippen molar-refractivity contribution in [3.05, 3.63) is 54.1 Å². The molecule has 1 aliphatic heterocycles. The monoisotopic (exact) mass is 422 g/mol. The Kier molecular flexibility index (Phi) is 7.69. The number of nitrogens with one attached hydrogen (secondary N) is 2. The molecule has 2 aromatic carbocycles. The van der Waals surface area contributed by atoms with E-state index in [4.69, 9.17) is 0 Å². The minimum atomic E-state index is -0.168. The van der Waals surface area contributed by atoms with Crippen molar-refractivity contribution in [3.8, 4) is 0 Å². The number of likely N-dealkylation sites (N-methyl/N-ethyl adjacent to an activating group) is 1. The number of benzene rings is 2. The summed E-state index contributed by atoms with van der Waals surface area (Å²) < 4.78 is 0. The van der Waals surface area contributed by atoms with Crippen molar-refractivity contribution >= 4 is 28.9 Å². The normalized spacial score (nSPS) is 16.9. The first-order valence-electron chi connectivity index (χ1n) is 11.1. The molecule has 2 amide bonds. The molecular formula is C25H34N4O2. The third-order valence-electron chi connectivity index (χ3n) is 5.97. The molecule has 1 fully saturated rings. The lowest BCUT2D eigenvalue weighted by atomic mass is 10.1. The first-order valence-corrected chi connectivity index (χ1v) is 11.1. The van der Waals surface area contributed by atoms with E-state index in [1.165, 1.54) is 12.1 Å². The van der Waals surface area contributed by atoms with Crippen molar-refractivity contribution in [1.29, 1.82) is 0 Å². The second-order valence-electron chi connectivity index (χ2n) is 8.61. The molecule has 0 bridgehead atoms. The van der Waals surface area contributed by atoms with E-state index >= 15 is 0 Å². The second kappa shape index (κ2) is 10.4. The molecule has 3 rings (SSSR count). The Hall–Kier alpha value is -2.86. The number of rotatable bonds is 8. The molecule has 1 heterocycles. The maximum absolute atomic E-state index is 12.6. The molecular weight excluding hydrogens is 388 g/mol. The molecule has 166 valence electrons. The third-order valence-corrected chi connectivity index (χ3v) is 5.97. The predicted molar refractivity (Wildman–Crippen MR) is 128 cm³/mol. The SMILES string of the molecule is CCCC(C)C(=O)Nc1ccc(C(=O)Nc2ccc(N3CCC(N(C)C)C3)cc2)cc1. The van der Waals surface area contributed by atoms with Crippen LogP contribution in [0.4, 0.5) is 17.1 Å². The average Bonchev–Trinajstić information content (AvgIpc) is 3.25. The molecule has 31 heavy (non-hydrogen) atoms. The number of hydrogen-bond acceptors (Lipinski definition) is 4. The molecule has 0 spiro atoms. The van der Waals surface area contributed by atoms with Crippen LogP contribution in [0.5, 0.6) is 0 Å². The minimum Gasteiger partial charge on any atom is -0.370 e. The Labute approximate surface area is 185 Å². The van der Waals surface area contributed by atoms with Gasteiger partial charge in [0.15, 0.2) is 0 Å². The summed E-state index contributed by atoms with van der Waals surface area (Å²) in [6, 6.07) is 15.6. The Morgan fingerprint density at radius 3 is 2.23 bits per heavy atom. The van der Waals surface area contributed by atoms with Gasteiger partial charge in [-0.2, -0.15) is 0 Å². The van der Waals surface area contributed by atoms with E-state index in [9.17, 15) is 9.59 Å². The molecule has 2 unspecified atom stereocenters. The van der Waals surface area contributed by atoms with Gasteiger partial charge < -0.3 is 20.4 Å². The van der Waals surface area contributed by atoms with E-state index in [-0.39, 0.29) is 17.7 Å². The molecule has 1 aliphatic rings. The van der Waals surface area contributed by atoms with E-state index in [0.29, 0.717) is 17.3 Å². The summed E-state index contributed by atoms with van der Waals surface area (Å²) in [4.78, 5) is 29.4. The highest BCUT2D eigenvalue weighted by atomic mass is 16.2. The lowest BCUT2D eigenvalue weighted by Crippen LogP contribution is -2.31. The van der Waals surface area contributed by atoms with Crippen LogP contribution >= 0.6 is 0 Å². The predicted octanol–water partition coefficient (Wildman–Crippen LogP) is 4.45. The fourth-order valence-corrected chi connectivity index (χ4v) is 3.89. The standard InChI is InChI=1S/C25H34N4O2/c1-5-6-18(2)24(30)26-20-9-7-19(8-10-20)25(31)27-21-11-13-22(14-12-21)29-16-15-23(17-29)28(3)4/h7-14,18,23H,5-6,15-17H2,1-4H3,(H,26,30)(H,27,31). The van der Waals surface area contributed by atoms with Crippen LogP contribution < -0.4 is 15.5 Å². The zero-order chi connectivity index (χ0) is 22.4. The van der Waals surface area contributed by atoms with Crippen LogP contribution in [0.1, 0.15) is 43.5 Å². The van der Waals surface area contributed by atoms with Crippen molar-refractivity contribution in [2.24, 2.45) is 5.92 Å². The number of hydrogen-bond donors (Lipinski definition) is 2. The summed E-state index contributed by atoms with van der Waals surface area (Å²) in [6.45, 7) is 6.07. The molecule has 0 radical (unpaired) electrons. The van der Waals surface area contributed by atoms with Crippen LogP contribution in [0, 0.1) is 5.92 Å². The summed E-state index contributed by atoms with van der Waals surface area (Å²) >= 11 is 0. The highest BCUT2D eigenvalue weighted by molar-refractivity contribution is 6.04. The van der Waals surface area contributed by atoms with Gasteiger partial charge >= 0.3 is 0 Å². The first-order chi connectivity index (χ1) is 14.9. The highest BCUT2D eigenvalue weighted by Crippen LogP contribution is 2.24. The van der Waals surface area contributed by atoms with Crippen molar-refractivity contribution in [2.75, 3.05) is 42.7 Å². The van der Waals surface area contributed by atoms with E-state index in [1.807, 2.05) is 19.1 Å². The highest BCUT2D eigenvalue weighted by Gasteiger charge is 2.24. The topological polar surface area (TPSA) is 64.7 Å². The summed E-state index contributed by atoms with van der Waals surface area (Å²) in [5.41, 5.74) is 3.20. The maximum Gasteiger partial charge on any atom is 0.255 e. The van der Waals surface area contributed by atoms with Crippen LogP contribution in [0.25, 0.3) is 0 Å². The van der Waals surface area contributed by atoms with Crippen LogP contribution in [-0.4, -0.2) is 49.9 Å². The van der Waals surface area contributed by atoms with Gasteiger partial charge in [0, 0.05) is 47.7 Å². The molecule has 1 saturated heterocycles. The molecule has 0 saturated carbocycles. The smallest absolute Gasteiger partial charge is 0.255 e. The molecule has 2 N–H and O–H groups in total. The van der Waals surface area contributed by atoms with Crippen molar-refractivity contribution in [1.82, 2.24) is 4.90 Å². The Bertz CT molecular complexity index is 877. The summed E-state index contributed by atoms with van der Waals surface area (Å²) in [5.74, 6) is -0.182. The van der Waals surface area contributed by atoms with E-state index < -0.39 is 0 Å².